The van der Waals surface area contributed by atoms with Crippen molar-refractivity contribution < 1.29 is 9.32 Å². The molecule has 126 valence electrons. The number of fused-ring (bicyclic) bond motifs is 1. The Labute approximate surface area is 140 Å². The first-order chi connectivity index (χ1) is 11.5. The summed E-state index contributed by atoms with van der Waals surface area (Å²) in [7, 11) is 1.97. The number of nitrogens with one attached hydrogen (secondary N) is 1. The highest BCUT2D eigenvalue weighted by atomic mass is 16.5. The van der Waals surface area contributed by atoms with Gasteiger partial charge in [-0.3, -0.25) is 4.79 Å². The lowest BCUT2D eigenvalue weighted by Gasteiger charge is -2.18. The fraction of sp³-hybridized carbons (Fsp3) is 0.471. The maximum absolute atomic E-state index is 11.9. The molecule has 1 aromatic carbocycles. The summed E-state index contributed by atoms with van der Waals surface area (Å²) in [5.74, 6) is 1.02. The van der Waals surface area contributed by atoms with E-state index < -0.39 is 5.54 Å². The average Bonchev–Trinajstić information content (AvgIpc) is 3.20. The van der Waals surface area contributed by atoms with E-state index in [1.54, 1.807) is 0 Å². The van der Waals surface area contributed by atoms with Crippen molar-refractivity contribution in [3.8, 4) is 11.5 Å². The molecule has 7 nitrogen and oxygen atoms in total. The summed E-state index contributed by atoms with van der Waals surface area (Å²) in [6, 6.07) is 5.78. The molecular formula is C17H21N5O2. The van der Waals surface area contributed by atoms with E-state index in [-0.39, 0.29) is 5.91 Å². The van der Waals surface area contributed by atoms with Gasteiger partial charge in [-0.05, 0) is 31.0 Å². The van der Waals surface area contributed by atoms with Crippen LogP contribution in [0.15, 0.2) is 22.7 Å². The van der Waals surface area contributed by atoms with Gasteiger partial charge in [0.25, 0.3) is 5.89 Å². The molecule has 2 aliphatic rings. The SMILES string of the molecule is CN1CCC(=O)Nc2cc(-c3nc(C4(N)CCCC4)no3)ccc21. The zero-order valence-electron chi connectivity index (χ0n) is 13.7. The van der Waals surface area contributed by atoms with Crippen LogP contribution in [0, 0.1) is 0 Å². The van der Waals surface area contributed by atoms with E-state index >= 15 is 0 Å². The van der Waals surface area contributed by atoms with Gasteiger partial charge in [-0.2, -0.15) is 4.98 Å². The van der Waals surface area contributed by atoms with Crippen LogP contribution in [0.3, 0.4) is 0 Å². The number of amides is 1. The molecular weight excluding hydrogens is 306 g/mol. The van der Waals surface area contributed by atoms with E-state index in [1.807, 2.05) is 25.2 Å². The number of anilines is 2. The Kier molecular flexibility index (Phi) is 3.53. The van der Waals surface area contributed by atoms with Crippen molar-refractivity contribution >= 4 is 17.3 Å². The first-order valence-electron chi connectivity index (χ1n) is 8.34. The third-order valence-electron chi connectivity index (χ3n) is 4.97. The van der Waals surface area contributed by atoms with Crippen LogP contribution < -0.4 is 16.0 Å². The normalized spacial score (nSPS) is 19.8. The molecule has 0 bridgehead atoms. The minimum absolute atomic E-state index is 0.0100. The topological polar surface area (TPSA) is 97.3 Å². The molecule has 0 unspecified atom stereocenters. The van der Waals surface area contributed by atoms with Gasteiger partial charge in [0.1, 0.15) is 0 Å². The minimum atomic E-state index is -0.470. The number of carbonyl (C=O) groups excluding carboxylic acids is 1. The molecule has 1 aliphatic heterocycles. The van der Waals surface area contributed by atoms with Crippen molar-refractivity contribution in [3.05, 3.63) is 24.0 Å². The van der Waals surface area contributed by atoms with Crippen molar-refractivity contribution in [1.82, 2.24) is 10.1 Å². The molecule has 1 fully saturated rings. The highest BCUT2D eigenvalue weighted by Crippen LogP contribution is 2.36. The number of nitrogens with two attached hydrogens (primary N) is 1. The van der Waals surface area contributed by atoms with E-state index in [4.69, 9.17) is 10.3 Å². The Morgan fingerprint density at radius 1 is 1.33 bits per heavy atom. The fourth-order valence-electron chi connectivity index (χ4n) is 3.48. The standard InChI is InChI=1S/C17H21N5O2/c1-22-9-6-14(23)19-12-10-11(4-5-13(12)22)15-20-16(21-24-15)17(18)7-2-3-8-17/h4-5,10H,2-3,6-9,18H2,1H3,(H,19,23). The van der Waals surface area contributed by atoms with E-state index in [0.717, 1.165) is 42.6 Å². The van der Waals surface area contributed by atoms with Gasteiger partial charge in [0.15, 0.2) is 5.82 Å². The highest BCUT2D eigenvalue weighted by Gasteiger charge is 2.36. The second-order valence-electron chi connectivity index (χ2n) is 6.74. The predicted octanol–water partition coefficient (Wildman–Crippen LogP) is 2.24. The molecule has 4 rings (SSSR count). The van der Waals surface area contributed by atoms with Crippen molar-refractivity contribution in [2.75, 3.05) is 23.8 Å². The molecule has 0 radical (unpaired) electrons. The van der Waals surface area contributed by atoms with Crippen LogP contribution in [-0.4, -0.2) is 29.6 Å². The Morgan fingerprint density at radius 2 is 2.12 bits per heavy atom. The van der Waals surface area contributed by atoms with Crippen LogP contribution in [0.5, 0.6) is 0 Å². The van der Waals surface area contributed by atoms with Gasteiger partial charge in [0.05, 0.1) is 16.9 Å². The molecule has 1 saturated carbocycles. The van der Waals surface area contributed by atoms with Gasteiger partial charge in [-0.15, -0.1) is 0 Å². The molecule has 0 atom stereocenters. The highest BCUT2D eigenvalue weighted by molar-refractivity contribution is 5.97. The summed E-state index contributed by atoms with van der Waals surface area (Å²) in [5, 5.41) is 7.04. The largest absolute Gasteiger partial charge is 0.372 e. The van der Waals surface area contributed by atoms with Gasteiger partial charge in [0, 0.05) is 25.6 Å². The van der Waals surface area contributed by atoms with Crippen molar-refractivity contribution in [3.63, 3.8) is 0 Å². The number of aromatic nitrogens is 2. The fourth-order valence-corrected chi connectivity index (χ4v) is 3.48. The zero-order valence-corrected chi connectivity index (χ0v) is 13.7. The first kappa shape index (κ1) is 15.1. The van der Waals surface area contributed by atoms with Crippen molar-refractivity contribution in [2.24, 2.45) is 5.73 Å². The molecule has 7 heteroatoms. The van der Waals surface area contributed by atoms with Crippen LogP contribution >= 0.6 is 0 Å². The smallest absolute Gasteiger partial charge is 0.258 e. The molecule has 1 amide bonds. The molecule has 2 heterocycles. The molecule has 1 aromatic heterocycles. The number of hydrogen-bond donors (Lipinski definition) is 2. The van der Waals surface area contributed by atoms with E-state index in [0.29, 0.717) is 24.7 Å². The Bertz CT molecular complexity index is 779. The lowest BCUT2D eigenvalue weighted by molar-refractivity contribution is -0.115. The van der Waals surface area contributed by atoms with Crippen LogP contribution in [0.4, 0.5) is 11.4 Å². The maximum atomic E-state index is 11.9. The van der Waals surface area contributed by atoms with Crippen LogP contribution in [0.1, 0.15) is 37.9 Å². The third-order valence-corrected chi connectivity index (χ3v) is 4.97. The average molecular weight is 327 g/mol. The van der Waals surface area contributed by atoms with Gasteiger partial charge < -0.3 is 20.5 Å². The lowest BCUT2D eigenvalue weighted by atomic mass is 9.99. The molecule has 24 heavy (non-hydrogen) atoms. The van der Waals surface area contributed by atoms with Gasteiger partial charge in [-0.25, -0.2) is 0 Å². The molecule has 2 aromatic rings. The second kappa shape index (κ2) is 5.59. The van der Waals surface area contributed by atoms with E-state index in [1.165, 1.54) is 0 Å². The predicted molar refractivity (Wildman–Crippen MR) is 90.6 cm³/mol. The number of benzene rings is 1. The van der Waals surface area contributed by atoms with Crippen LogP contribution in [0.2, 0.25) is 0 Å². The molecule has 3 N–H and O–H groups in total. The summed E-state index contributed by atoms with van der Waals surface area (Å²) < 4.78 is 5.44. The number of nitrogens with zero attached hydrogens (tertiary/aromatic N) is 3. The Hall–Kier alpha value is -2.41. The van der Waals surface area contributed by atoms with Crippen molar-refractivity contribution in [2.45, 2.75) is 37.6 Å². The zero-order chi connectivity index (χ0) is 16.7. The second-order valence-corrected chi connectivity index (χ2v) is 6.74. The molecule has 0 saturated heterocycles. The summed E-state index contributed by atoms with van der Waals surface area (Å²) in [4.78, 5) is 18.4. The quantitative estimate of drug-likeness (QED) is 0.878. The number of carbonyl (C=O) groups is 1. The molecule has 1 aliphatic carbocycles. The summed E-state index contributed by atoms with van der Waals surface area (Å²) in [6.07, 6.45) is 4.43. The summed E-state index contributed by atoms with van der Waals surface area (Å²) in [6.45, 7) is 0.693. The monoisotopic (exact) mass is 327 g/mol. The van der Waals surface area contributed by atoms with Gasteiger partial charge in [-0.1, -0.05) is 18.0 Å². The van der Waals surface area contributed by atoms with Gasteiger partial charge >= 0.3 is 0 Å². The Morgan fingerprint density at radius 3 is 2.92 bits per heavy atom. The Balaban J connectivity index is 1.68. The number of rotatable bonds is 2. The van der Waals surface area contributed by atoms with E-state index in [9.17, 15) is 4.79 Å². The van der Waals surface area contributed by atoms with Crippen LogP contribution in [-0.2, 0) is 10.3 Å². The third kappa shape index (κ3) is 2.54. The maximum Gasteiger partial charge on any atom is 0.258 e. The minimum Gasteiger partial charge on any atom is -0.372 e. The van der Waals surface area contributed by atoms with Gasteiger partial charge in [0.2, 0.25) is 5.91 Å². The van der Waals surface area contributed by atoms with E-state index in [2.05, 4.69) is 20.4 Å². The number of hydrogen-bond acceptors (Lipinski definition) is 6. The summed E-state index contributed by atoms with van der Waals surface area (Å²) >= 11 is 0. The molecule has 0 spiro atoms. The van der Waals surface area contributed by atoms with Crippen molar-refractivity contribution in [1.29, 1.82) is 0 Å². The van der Waals surface area contributed by atoms with Crippen LogP contribution in [0.25, 0.3) is 11.5 Å². The summed E-state index contributed by atoms with van der Waals surface area (Å²) in [5.41, 5.74) is 8.45. The first-order valence-corrected chi connectivity index (χ1v) is 8.34. The lowest BCUT2D eigenvalue weighted by Crippen LogP contribution is -2.34.